The Morgan fingerprint density at radius 3 is 1.94 bits per heavy atom. The maximum Gasteiger partial charge on any atom is 0.488 e. The Bertz CT molecular complexity index is 1570. The summed E-state index contributed by atoms with van der Waals surface area (Å²) in [5.74, 6) is 0.774. The number of benzene rings is 4. The SMILES string of the molecule is OB(O)c1ccc2c3ccccc3n(-c3cc(-c4ccccc4)cc(-c4ccccc4)n3)c2c1. The molecule has 0 radical (unpaired) electrons. The lowest BCUT2D eigenvalue weighted by Gasteiger charge is -2.13. The summed E-state index contributed by atoms with van der Waals surface area (Å²) in [6, 6.07) is 38.4. The van der Waals surface area contributed by atoms with Crippen LogP contribution in [0.2, 0.25) is 0 Å². The van der Waals surface area contributed by atoms with Crippen LogP contribution in [0.15, 0.2) is 115 Å². The van der Waals surface area contributed by atoms with Gasteiger partial charge in [0.2, 0.25) is 0 Å². The molecule has 5 heteroatoms. The minimum atomic E-state index is -1.54. The second-order valence-electron chi connectivity index (χ2n) is 8.33. The predicted molar refractivity (Wildman–Crippen MR) is 139 cm³/mol. The average molecular weight is 440 g/mol. The van der Waals surface area contributed by atoms with Gasteiger partial charge in [0, 0.05) is 16.3 Å². The Morgan fingerprint density at radius 2 is 1.21 bits per heavy atom. The van der Waals surface area contributed by atoms with Crippen molar-refractivity contribution >= 4 is 34.4 Å². The Labute approximate surface area is 197 Å². The van der Waals surface area contributed by atoms with E-state index in [2.05, 4.69) is 53.1 Å². The van der Waals surface area contributed by atoms with Gasteiger partial charge in [-0.25, -0.2) is 4.98 Å². The van der Waals surface area contributed by atoms with Crippen molar-refractivity contribution in [3.8, 4) is 28.2 Å². The summed E-state index contributed by atoms with van der Waals surface area (Å²) in [7, 11) is -1.54. The van der Waals surface area contributed by atoms with Crippen molar-refractivity contribution in [1.82, 2.24) is 9.55 Å². The third-order valence-electron chi connectivity index (χ3n) is 6.21. The van der Waals surface area contributed by atoms with Gasteiger partial charge >= 0.3 is 7.12 Å². The molecule has 4 aromatic carbocycles. The Kier molecular flexibility index (Phi) is 4.99. The summed E-state index contributed by atoms with van der Waals surface area (Å²) in [5.41, 5.74) is 6.42. The highest BCUT2D eigenvalue weighted by atomic mass is 16.4. The third kappa shape index (κ3) is 3.48. The van der Waals surface area contributed by atoms with E-state index in [1.165, 1.54) is 0 Å². The molecule has 0 unspecified atom stereocenters. The fourth-order valence-corrected chi connectivity index (χ4v) is 4.58. The normalized spacial score (nSPS) is 11.2. The molecule has 4 nitrogen and oxygen atoms in total. The molecule has 0 spiro atoms. The van der Waals surface area contributed by atoms with Crippen molar-refractivity contribution in [1.29, 1.82) is 0 Å². The van der Waals surface area contributed by atoms with Gasteiger partial charge in [-0.2, -0.15) is 0 Å². The highest BCUT2D eigenvalue weighted by molar-refractivity contribution is 6.59. The van der Waals surface area contributed by atoms with Crippen molar-refractivity contribution in [2.75, 3.05) is 0 Å². The standard InChI is InChI=1S/C29H21BN2O2/c33-30(34)23-15-16-25-24-13-7-8-14-27(24)32(28(25)19-23)29-18-22(20-9-3-1-4-10-20)17-26(31-29)21-11-5-2-6-12-21/h1-19,33-34H. The van der Waals surface area contributed by atoms with E-state index in [0.717, 1.165) is 50.0 Å². The molecule has 0 saturated heterocycles. The summed E-state index contributed by atoms with van der Waals surface area (Å²) in [6.45, 7) is 0. The largest absolute Gasteiger partial charge is 0.488 e. The highest BCUT2D eigenvalue weighted by Gasteiger charge is 2.18. The van der Waals surface area contributed by atoms with Crippen LogP contribution in [0.25, 0.3) is 50.0 Å². The lowest BCUT2D eigenvalue weighted by atomic mass is 9.80. The van der Waals surface area contributed by atoms with E-state index < -0.39 is 7.12 Å². The molecular formula is C29H21BN2O2. The molecule has 34 heavy (non-hydrogen) atoms. The molecule has 6 aromatic rings. The Hall–Kier alpha value is -4.19. The van der Waals surface area contributed by atoms with E-state index in [4.69, 9.17) is 4.98 Å². The van der Waals surface area contributed by atoms with Crippen LogP contribution in [-0.2, 0) is 0 Å². The van der Waals surface area contributed by atoms with Gasteiger partial charge in [-0.15, -0.1) is 0 Å². The molecular weight excluding hydrogens is 419 g/mol. The van der Waals surface area contributed by atoms with E-state index in [-0.39, 0.29) is 0 Å². The molecule has 0 amide bonds. The van der Waals surface area contributed by atoms with Crippen molar-refractivity contribution < 1.29 is 10.0 Å². The van der Waals surface area contributed by atoms with Crippen molar-refractivity contribution in [2.24, 2.45) is 0 Å². The monoisotopic (exact) mass is 440 g/mol. The lowest BCUT2D eigenvalue weighted by molar-refractivity contribution is 0.426. The first-order chi connectivity index (χ1) is 16.7. The first kappa shape index (κ1) is 20.4. The van der Waals surface area contributed by atoms with E-state index in [1.807, 2.05) is 60.7 Å². The van der Waals surface area contributed by atoms with E-state index in [9.17, 15) is 10.0 Å². The molecule has 0 bridgehead atoms. The van der Waals surface area contributed by atoms with Crippen LogP contribution in [-0.4, -0.2) is 26.7 Å². The molecule has 0 saturated carbocycles. The number of fused-ring (bicyclic) bond motifs is 3. The number of nitrogens with zero attached hydrogens (tertiary/aromatic N) is 2. The van der Waals surface area contributed by atoms with Crippen LogP contribution in [0.5, 0.6) is 0 Å². The summed E-state index contributed by atoms with van der Waals surface area (Å²) in [4.78, 5) is 5.08. The number of para-hydroxylation sites is 1. The summed E-state index contributed by atoms with van der Waals surface area (Å²) in [6.07, 6.45) is 0. The molecule has 2 N–H and O–H groups in total. The molecule has 6 rings (SSSR count). The summed E-state index contributed by atoms with van der Waals surface area (Å²) < 4.78 is 2.11. The zero-order valence-corrected chi connectivity index (χ0v) is 18.3. The van der Waals surface area contributed by atoms with Gasteiger partial charge in [-0.1, -0.05) is 91.0 Å². The first-order valence-corrected chi connectivity index (χ1v) is 11.2. The van der Waals surface area contributed by atoms with Crippen molar-refractivity contribution in [3.63, 3.8) is 0 Å². The van der Waals surface area contributed by atoms with Crippen molar-refractivity contribution in [2.45, 2.75) is 0 Å². The summed E-state index contributed by atoms with van der Waals surface area (Å²) in [5, 5.41) is 21.8. The van der Waals surface area contributed by atoms with E-state index >= 15 is 0 Å². The molecule has 0 aliphatic rings. The smallest absolute Gasteiger partial charge is 0.423 e. The molecule has 0 aliphatic heterocycles. The zero-order chi connectivity index (χ0) is 23.1. The Balaban J connectivity index is 1.69. The minimum Gasteiger partial charge on any atom is -0.423 e. The van der Waals surface area contributed by atoms with Crippen molar-refractivity contribution in [3.05, 3.63) is 115 Å². The fraction of sp³-hybridized carbons (Fsp3) is 0. The maximum atomic E-state index is 9.84. The van der Waals surface area contributed by atoms with Gasteiger partial charge in [0.05, 0.1) is 16.7 Å². The van der Waals surface area contributed by atoms with Crippen LogP contribution in [0.1, 0.15) is 0 Å². The molecule has 0 fully saturated rings. The van der Waals surface area contributed by atoms with Gasteiger partial charge in [0.15, 0.2) is 0 Å². The fourth-order valence-electron chi connectivity index (χ4n) is 4.58. The highest BCUT2D eigenvalue weighted by Crippen LogP contribution is 2.34. The van der Waals surface area contributed by atoms with Gasteiger partial charge in [0.25, 0.3) is 0 Å². The third-order valence-corrected chi connectivity index (χ3v) is 6.21. The molecule has 2 heterocycles. The van der Waals surface area contributed by atoms with Crippen LogP contribution < -0.4 is 5.46 Å². The van der Waals surface area contributed by atoms with Crippen LogP contribution in [0.3, 0.4) is 0 Å². The minimum absolute atomic E-state index is 0.444. The summed E-state index contributed by atoms with van der Waals surface area (Å²) >= 11 is 0. The van der Waals surface area contributed by atoms with E-state index in [0.29, 0.717) is 5.46 Å². The van der Waals surface area contributed by atoms with Gasteiger partial charge in [-0.05, 0) is 40.9 Å². The first-order valence-electron chi connectivity index (χ1n) is 11.2. The predicted octanol–water partition coefficient (Wildman–Crippen LogP) is 5.19. The number of hydrogen-bond donors (Lipinski definition) is 2. The Morgan fingerprint density at radius 1 is 0.559 bits per heavy atom. The van der Waals surface area contributed by atoms with Gasteiger partial charge < -0.3 is 10.0 Å². The number of rotatable bonds is 4. The molecule has 0 atom stereocenters. The quantitative estimate of drug-likeness (QED) is 0.371. The topological polar surface area (TPSA) is 58.3 Å². The number of hydrogen-bond acceptors (Lipinski definition) is 3. The molecule has 2 aromatic heterocycles. The van der Waals surface area contributed by atoms with Gasteiger partial charge in [0.1, 0.15) is 5.82 Å². The van der Waals surface area contributed by atoms with Crippen LogP contribution in [0.4, 0.5) is 0 Å². The number of aromatic nitrogens is 2. The van der Waals surface area contributed by atoms with Gasteiger partial charge in [-0.3, -0.25) is 4.57 Å². The van der Waals surface area contributed by atoms with E-state index in [1.54, 1.807) is 6.07 Å². The maximum absolute atomic E-state index is 9.84. The lowest BCUT2D eigenvalue weighted by Crippen LogP contribution is -2.29. The number of pyridine rings is 1. The second-order valence-corrected chi connectivity index (χ2v) is 8.33. The molecule has 0 aliphatic carbocycles. The second kappa shape index (κ2) is 8.30. The van der Waals surface area contributed by atoms with Crippen LogP contribution in [0, 0.1) is 0 Å². The van der Waals surface area contributed by atoms with Crippen LogP contribution >= 0.6 is 0 Å². The molecule has 162 valence electrons. The average Bonchev–Trinajstić information content (AvgIpc) is 3.23. The zero-order valence-electron chi connectivity index (χ0n) is 18.3.